The third-order valence-corrected chi connectivity index (χ3v) is 5.28. The molecule has 1 unspecified atom stereocenters. The van der Waals surface area contributed by atoms with E-state index in [9.17, 15) is 9.59 Å². The lowest BCUT2D eigenvalue weighted by atomic mass is 10.0. The summed E-state index contributed by atoms with van der Waals surface area (Å²) >= 11 is 8.09. The van der Waals surface area contributed by atoms with Crippen LogP contribution in [-0.4, -0.2) is 37.8 Å². The summed E-state index contributed by atoms with van der Waals surface area (Å²) in [5.74, 6) is 0.289. The molecule has 2 rings (SSSR count). The van der Waals surface area contributed by atoms with E-state index in [2.05, 4.69) is 38.4 Å². The molecule has 0 aliphatic carbocycles. The van der Waals surface area contributed by atoms with Crippen LogP contribution in [0.2, 0.25) is 5.02 Å². The SMILES string of the molecule is CCOc1cc(/C=N/NC(=O)C(NC(=O)c2cccc(Cl)c2)C(C)C)cc(I)c1OC. The maximum absolute atomic E-state index is 12.6. The largest absolute Gasteiger partial charge is 0.492 e. The van der Waals surface area contributed by atoms with E-state index in [1.54, 1.807) is 37.4 Å². The van der Waals surface area contributed by atoms with Gasteiger partial charge in [0.05, 0.1) is 23.5 Å². The molecule has 2 N–H and O–H groups in total. The highest BCUT2D eigenvalue weighted by atomic mass is 127. The molecule has 0 bridgehead atoms. The Labute approximate surface area is 200 Å². The van der Waals surface area contributed by atoms with Crippen LogP contribution in [-0.2, 0) is 4.79 Å². The second-order valence-electron chi connectivity index (χ2n) is 6.91. The molecule has 0 fully saturated rings. The van der Waals surface area contributed by atoms with E-state index < -0.39 is 11.9 Å². The molecule has 2 aromatic carbocycles. The minimum Gasteiger partial charge on any atom is -0.492 e. The number of amides is 2. The molecule has 0 spiro atoms. The van der Waals surface area contributed by atoms with Gasteiger partial charge in [0.25, 0.3) is 11.8 Å². The van der Waals surface area contributed by atoms with Crippen LogP contribution < -0.4 is 20.2 Å². The van der Waals surface area contributed by atoms with Crippen LogP contribution in [0.1, 0.15) is 36.7 Å². The average molecular weight is 558 g/mol. The van der Waals surface area contributed by atoms with Crippen LogP contribution in [0.4, 0.5) is 0 Å². The Hall–Kier alpha value is -2.33. The molecule has 0 radical (unpaired) electrons. The van der Waals surface area contributed by atoms with Gasteiger partial charge in [-0.3, -0.25) is 9.59 Å². The second kappa shape index (κ2) is 11.9. The summed E-state index contributed by atoms with van der Waals surface area (Å²) in [6, 6.07) is 9.41. The Bertz CT molecular complexity index is 966. The zero-order valence-corrected chi connectivity index (χ0v) is 20.7. The first-order valence-electron chi connectivity index (χ1n) is 9.66. The van der Waals surface area contributed by atoms with Gasteiger partial charge < -0.3 is 14.8 Å². The lowest BCUT2D eigenvalue weighted by Gasteiger charge is -2.20. The number of methoxy groups -OCH3 is 1. The minimum atomic E-state index is -0.765. The molecule has 2 aromatic rings. The molecule has 0 aromatic heterocycles. The number of halogens is 2. The fourth-order valence-electron chi connectivity index (χ4n) is 2.75. The molecular weight excluding hydrogens is 533 g/mol. The number of nitrogens with one attached hydrogen (secondary N) is 2. The number of nitrogens with zero attached hydrogens (tertiary/aromatic N) is 1. The van der Waals surface area contributed by atoms with Crippen molar-refractivity contribution in [1.82, 2.24) is 10.7 Å². The van der Waals surface area contributed by atoms with Crippen LogP contribution in [0.25, 0.3) is 0 Å². The first kappa shape index (κ1) is 24.9. The van der Waals surface area contributed by atoms with Gasteiger partial charge in [0.15, 0.2) is 11.5 Å². The monoisotopic (exact) mass is 557 g/mol. The van der Waals surface area contributed by atoms with Gasteiger partial charge in [-0.1, -0.05) is 31.5 Å². The molecule has 0 saturated heterocycles. The van der Waals surface area contributed by atoms with Crippen LogP contribution in [0.15, 0.2) is 41.5 Å². The Morgan fingerprint density at radius 2 is 2.00 bits per heavy atom. The van der Waals surface area contributed by atoms with Gasteiger partial charge in [-0.05, 0) is 71.3 Å². The van der Waals surface area contributed by atoms with Crippen molar-refractivity contribution in [3.05, 3.63) is 56.1 Å². The van der Waals surface area contributed by atoms with Crippen molar-refractivity contribution < 1.29 is 19.1 Å². The zero-order chi connectivity index (χ0) is 23.0. The number of hydrogen-bond donors (Lipinski definition) is 2. The van der Waals surface area contributed by atoms with Crippen LogP contribution in [0, 0.1) is 9.49 Å². The van der Waals surface area contributed by atoms with Gasteiger partial charge in [-0.15, -0.1) is 0 Å². The molecule has 1 atom stereocenters. The van der Waals surface area contributed by atoms with E-state index in [1.165, 1.54) is 6.21 Å². The molecule has 166 valence electrons. The zero-order valence-electron chi connectivity index (χ0n) is 17.7. The van der Waals surface area contributed by atoms with Crippen molar-refractivity contribution in [2.24, 2.45) is 11.0 Å². The fraction of sp³-hybridized carbons (Fsp3) is 0.318. The summed E-state index contributed by atoms with van der Waals surface area (Å²) in [5.41, 5.74) is 3.61. The van der Waals surface area contributed by atoms with E-state index in [0.29, 0.717) is 28.7 Å². The van der Waals surface area contributed by atoms with Crippen molar-refractivity contribution in [2.75, 3.05) is 13.7 Å². The lowest BCUT2D eigenvalue weighted by molar-refractivity contribution is -0.123. The predicted molar refractivity (Wildman–Crippen MR) is 130 cm³/mol. The smallest absolute Gasteiger partial charge is 0.262 e. The molecule has 0 aliphatic rings. The van der Waals surface area contributed by atoms with Gasteiger partial charge in [0.2, 0.25) is 0 Å². The number of rotatable bonds is 9. The topological polar surface area (TPSA) is 89.0 Å². The maximum atomic E-state index is 12.6. The van der Waals surface area contributed by atoms with E-state index in [0.717, 1.165) is 9.13 Å². The van der Waals surface area contributed by atoms with Gasteiger partial charge >= 0.3 is 0 Å². The van der Waals surface area contributed by atoms with Gasteiger partial charge in [-0.25, -0.2) is 5.43 Å². The Kier molecular flexibility index (Phi) is 9.57. The number of hydrazone groups is 1. The van der Waals surface area contributed by atoms with E-state index in [1.807, 2.05) is 26.8 Å². The third-order valence-electron chi connectivity index (χ3n) is 4.25. The van der Waals surface area contributed by atoms with E-state index >= 15 is 0 Å². The predicted octanol–water partition coefficient (Wildman–Crippen LogP) is 4.26. The van der Waals surface area contributed by atoms with Gasteiger partial charge in [-0.2, -0.15) is 5.10 Å². The van der Waals surface area contributed by atoms with Crippen molar-refractivity contribution in [2.45, 2.75) is 26.8 Å². The first-order valence-corrected chi connectivity index (χ1v) is 11.1. The third kappa shape index (κ3) is 7.10. The van der Waals surface area contributed by atoms with Gasteiger partial charge in [0, 0.05) is 10.6 Å². The second-order valence-corrected chi connectivity index (χ2v) is 8.51. The number of hydrogen-bond acceptors (Lipinski definition) is 5. The molecule has 0 heterocycles. The molecule has 31 heavy (non-hydrogen) atoms. The maximum Gasteiger partial charge on any atom is 0.262 e. The average Bonchev–Trinajstić information content (AvgIpc) is 2.71. The highest BCUT2D eigenvalue weighted by Crippen LogP contribution is 2.33. The Balaban J connectivity index is 2.09. The summed E-state index contributed by atoms with van der Waals surface area (Å²) in [6.07, 6.45) is 1.51. The summed E-state index contributed by atoms with van der Waals surface area (Å²) in [4.78, 5) is 25.1. The van der Waals surface area contributed by atoms with Crippen molar-refractivity contribution in [3.8, 4) is 11.5 Å². The highest BCUT2D eigenvalue weighted by molar-refractivity contribution is 14.1. The van der Waals surface area contributed by atoms with Crippen molar-refractivity contribution >= 4 is 52.2 Å². The molecular formula is C22H25ClIN3O4. The fourth-order valence-corrected chi connectivity index (χ4v) is 3.79. The normalized spacial score (nSPS) is 12.0. The molecule has 9 heteroatoms. The summed E-state index contributed by atoms with van der Waals surface area (Å²) in [6.45, 7) is 6.06. The van der Waals surface area contributed by atoms with E-state index in [-0.39, 0.29) is 11.8 Å². The summed E-state index contributed by atoms with van der Waals surface area (Å²) in [7, 11) is 1.58. The van der Waals surface area contributed by atoms with E-state index in [4.69, 9.17) is 21.1 Å². The Morgan fingerprint density at radius 1 is 1.26 bits per heavy atom. The van der Waals surface area contributed by atoms with Crippen LogP contribution in [0.3, 0.4) is 0 Å². The molecule has 7 nitrogen and oxygen atoms in total. The number of ether oxygens (including phenoxy) is 2. The minimum absolute atomic E-state index is 0.148. The lowest BCUT2D eigenvalue weighted by Crippen LogP contribution is -2.48. The Morgan fingerprint density at radius 3 is 2.61 bits per heavy atom. The number of carbonyl (C=O) groups is 2. The first-order chi connectivity index (χ1) is 14.8. The van der Waals surface area contributed by atoms with Gasteiger partial charge in [0.1, 0.15) is 6.04 Å². The molecule has 0 aliphatic heterocycles. The quantitative estimate of drug-likeness (QED) is 0.274. The summed E-state index contributed by atoms with van der Waals surface area (Å²) < 4.78 is 11.8. The van der Waals surface area contributed by atoms with Crippen molar-refractivity contribution in [1.29, 1.82) is 0 Å². The summed E-state index contributed by atoms with van der Waals surface area (Å²) in [5, 5.41) is 7.22. The highest BCUT2D eigenvalue weighted by Gasteiger charge is 2.24. The number of benzene rings is 2. The van der Waals surface area contributed by atoms with Crippen molar-refractivity contribution in [3.63, 3.8) is 0 Å². The molecule has 0 saturated carbocycles. The molecule has 2 amide bonds. The van der Waals surface area contributed by atoms with Crippen LogP contribution >= 0.6 is 34.2 Å². The standard InChI is InChI=1S/C22H25ClIN3O4/c1-5-31-18-10-14(9-17(24)20(18)30-4)12-25-27-22(29)19(13(2)3)26-21(28)15-7-6-8-16(23)11-15/h6-13,19H,5H2,1-4H3,(H,26,28)(H,27,29)/b25-12+. The number of carbonyl (C=O) groups excluding carboxylic acids is 2. The van der Waals surface area contributed by atoms with Crippen LogP contribution in [0.5, 0.6) is 11.5 Å².